The van der Waals surface area contributed by atoms with Gasteiger partial charge in [-0.05, 0) is 30.9 Å². The highest BCUT2D eigenvalue weighted by molar-refractivity contribution is 6.28. The summed E-state index contributed by atoms with van der Waals surface area (Å²) < 4.78 is 7.72. The molecule has 2 aromatic rings. The van der Waals surface area contributed by atoms with Crippen molar-refractivity contribution in [1.82, 2.24) is 19.5 Å². The minimum Gasteiger partial charge on any atom is -0.376 e. The number of rotatable bonds is 6. The molecule has 0 radical (unpaired) electrons. The number of imidazole rings is 1. The predicted octanol–water partition coefficient (Wildman–Crippen LogP) is 2.87. The van der Waals surface area contributed by atoms with Gasteiger partial charge in [0, 0.05) is 19.7 Å². The van der Waals surface area contributed by atoms with Gasteiger partial charge in [-0.25, -0.2) is 4.98 Å². The maximum absolute atomic E-state index is 5.99. The fourth-order valence-corrected chi connectivity index (χ4v) is 2.75. The van der Waals surface area contributed by atoms with Gasteiger partial charge in [0.15, 0.2) is 11.5 Å². The lowest BCUT2D eigenvalue weighted by Crippen LogP contribution is -2.19. The highest BCUT2D eigenvalue weighted by Crippen LogP contribution is 2.23. The third kappa shape index (κ3) is 3.27. The van der Waals surface area contributed by atoms with E-state index >= 15 is 0 Å². The van der Waals surface area contributed by atoms with Crippen molar-refractivity contribution in [2.24, 2.45) is 0 Å². The van der Waals surface area contributed by atoms with Crippen LogP contribution in [0.2, 0.25) is 5.28 Å². The second-order valence-corrected chi connectivity index (χ2v) is 5.66. The summed E-state index contributed by atoms with van der Waals surface area (Å²) in [7, 11) is 0. The molecule has 0 aromatic carbocycles. The first-order valence-corrected chi connectivity index (χ1v) is 7.89. The maximum Gasteiger partial charge on any atom is 0.226 e. The molecule has 1 aliphatic rings. The number of nitrogens with one attached hydrogen (secondary N) is 1. The van der Waals surface area contributed by atoms with Crippen molar-refractivity contribution in [3.05, 3.63) is 11.6 Å². The summed E-state index contributed by atoms with van der Waals surface area (Å²) in [6.45, 7) is 4.66. The Labute approximate surface area is 128 Å². The van der Waals surface area contributed by atoms with Crippen LogP contribution in [0.25, 0.3) is 11.2 Å². The quantitative estimate of drug-likeness (QED) is 0.831. The number of nitrogens with zero attached hydrogens (tertiary/aromatic N) is 4. The number of hydrogen-bond acceptors (Lipinski definition) is 5. The van der Waals surface area contributed by atoms with Gasteiger partial charge >= 0.3 is 0 Å². The van der Waals surface area contributed by atoms with E-state index in [-0.39, 0.29) is 11.4 Å². The van der Waals surface area contributed by atoms with Gasteiger partial charge in [0.25, 0.3) is 0 Å². The molecule has 1 fully saturated rings. The van der Waals surface area contributed by atoms with Crippen LogP contribution in [0.4, 0.5) is 5.82 Å². The van der Waals surface area contributed by atoms with E-state index < -0.39 is 0 Å². The fraction of sp³-hybridized carbons (Fsp3) is 0.643. The second kappa shape index (κ2) is 6.58. The van der Waals surface area contributed by atoms with E-state index in [1.165, 1.54) is 0 Å². The van der Waals surface area contributed by atoms with Crippen LogP contribution in [0.15, 0.2) is 6.33 Å². The number of aryl methyl sites for hydroxylation is 1. The van der Waals surface area contributed by atoms with Crippen LogP contribution in [0.3, 0.4) is 0 Å². The van der Waals surface area contributed by atoms with Gasteiger partial charge in [-0.3, -0.25) is 0 Å². The Morgan fingerprint density at radius 3 is 3.14 bits per heavy atom. The largest absolute Gasteiger partial charge is 0.376 e. The monoisotopic (exact) mass is 309 g/mol. The minimum atomic E-state index is 0.220. The summed E-state index contributed by atoms with van der Waals surface area (Å²) >= 11 is 5.99. The lowest BCUT2D eigenvalue weighted by molar-refractivity contribution is 0.120. The van der Waals surface area contributed by atoms with Crippen LogP contribution >= 0.6 is 11.6 Å². The minimum absolute atomic E-state index is 0.220. The van der Waals surface area contributed by atoms with Crippen LogP contribution in [0.5, 0.6) is 0 Å². The van der Waals surface area contributed by atoms with Gasteiger partial charge in [0.05, 0.1) is 12.4 Å². The molecule has 3 rings (SSSR count). The second-order valence-electron chi connectivity index (χ2n) is 5.32. The van der Waals surface area contributed by atoms with E-state index in [4.69, 9.17) is 16.3 Å². The van der Waals surface area contributed by atoms with Crippen molar-refractivity contribution in [2.75, 3.05) is 18.5 Å². The third-order valence-corrected chi connectivity index (χ3v) is 3.89. The van der Waals surface area contributed by atoms with Crippen molar-refractivity contribution >= 4 is 28.6 Å². The summed E-state index contributed by atoms with van der Waals surface area (Å²) in [4.78, 5) is 12.9. The average Bonchev–Trinajstić information content (AvgIpc) is 3.12. The first-order valence-electron chi connectivity index (χ1n) is 7.51. The number of hydrogen-bond donors (Lipinski definition) is 1. The molecule has 1 unspecified atom stereocenters. The van der Waals surface area contributed by atoms with Crippen LogP contribution in [0, 0.1) is 0 Å². The molecule has 1 aliphatic heterocycles. The Kier molecular flexibility index (Phi) is 4.55. The zero-order chi connectivity index (χ0) is 14.7. The number of fused-ring (bicyclic) bond motifs is 1. The van der Waals surface area contributed by atoms with E-state index in [9.17, 15) is 0 Å². The molecule has 1 saturated heterocycles. The number of ether oxygens (including phenoxy) is 1. The van der Waals surface area contributed by atoms with Crippen molar-refractivity contribution in [2.45, 2.75) is 45.3 Å². The molecular weight excluding hydrogens is 290 g/mol. The van der Waals surface area contributed by atoms with Crippen molar-refractivity contribution in [3.8, 4) is 0 Å². The third-order valence-electron chi connectivity index (χ3n) is 3.72. The molecule has 0 spiro atoms. The van der Waals surface area contributed by atoms with Gasteiger partial charge < -0.3 is 14.6 Å². The van der Waals surface area contributed by atoms with E-state index in [1.807, 2.05) is 6.33 Å². The summed E-state index contributed by atoms with van der Waals surface area (Å²) in [6.07, 6.45) is 6.50. The standard InChI is InChI=1S/C14H20ClN5O/c1-2-3-6-20-9-17-13-11(20)12(18-14(15)19-13)16-8-10-5-4-7-21-10/h9-10H,2-8H2,1H3,(H,16,18,19). The van der Waals surface area contributed by atoms with Gasteiger partial charge in [-0.1, -0.05) is 13.3 Å². The molecule has 7 heteroatoms. The highest BCUT2D eigenvalue weighted by atomic mass is 35.5. The van der Waals surface area contributed by atoms with Crippen molar-refractivity contribution in [3.63, 3.8) is 0 Å². The molecule has 114 valence electrons. The van der Waals surface area contributed by atoms with Crippen molar-refractivity contribution < 1.29 is 4.74 Å². The molecule has 0 saturated carbocycles. The zero-order valence-corrected chi connectivity index (χ0v) is 12.9. The molecule has 1 atom stereocenters. The molecule has 3 heterocycles. The van der Waals surface area contributed by atoms with Gasteiger partial charge in [-0.15, -0.1) is 0 Å². The van der Waals surface area contributed by atoms with Crippen LogP contribution in [-0.4, -0.2) is 38.8 Å². The zero-order valence-electron chi connectivity index (χ0n) is 12.2. The van der Waals surface area contributed by atoms with Gasteiger partial charge in [0.1, 0.15) is 5.52 Å². The van der Waals surface area contributed by atoms with E-state index in [0.717, 1.165) is 56.7 Å². The number of aromatic nitrogens is 4. The Balaban J connectivity index is 1.85. The van der Waals surface area contributed by atoms with E-state index in [0.29, 0.717) is 5.65 Å². The molecule has 6 nitrogen and oxygen atoms in total. The summed E-state index contributed by atoms with van der Waals surface area (Å²) in [6, 6.07) is 0. The first-order chi connectivity index (χ1) is 10.3. The average molecular weight is 310 g/mol. The molecule has 0 aliphatic carbocycles. The van der Waals surface area contributed by atoms with Gasteiger partial charge in [-0.2, -0.15) is 9.97 Å². The Morgan fingerprint density at radius 1 is 1.48 bits per heavy atom. The van der Waals surface area contributed by atoms with E-state index in [2.05, 4.69) is 31.8 Å². The number of unbranched alkanes of at least 4 members (excludes halogenated alkanes) is 1. The Morgan fingerprint density at radius 2 is 2.38 bits per heavy atom. The molecule has 0 amide bonds. The Bertz CT molecular complexity index is 609. The van der Waals surface area contributed by atoms with Gasteiger partial charge in [0.2, 0.25) is 5.28 Å². The normalized spacial score (nSPS) is 18.5. The number of anilines is 1. The molecule has 21 heavy (non-hydrogen) atoms. The molecule has 0 bridgehead atoms. The summed E-state index contributed by atoms with van der Waals surface area (Å²) in [5.74, 6) is 0.745. The number of halogens is 1. The van der Waals surface area contributed by atoms with Crippen LogP contribution in [0.1, 0.15) is 32.6 Å². The SMILES string of the molecule is CCCCn1cnc2nc(Cl)nc(NCC3CCCO3)c21. The topological polar surface area (TPSA) is 64.9 Å². The lowest BCUT2D eigenvalue weighted by atomic mass is 10.2. The molecule has 2 aromatic heterocycles. The summed E-state index contributed by atoms with van der Waals surface area (Å²) in [5.41, 5.74) is 1.56. The fourth-order valence-electron chi connectivity index (χ4n) is 2.59. The van der Waals surface area contributed by atoms with Crippen LogP contribution < -0.4 is 5.32 Å². The predicted molar refractivity (Wildman–Crippen MR) is 82.7 cm³/mol. The maximum atomic E-state index is 5.99. The van der Waals surface area contributed by atoms with E-state index in [1.54, 1.807) is 0 Å². The Hall–Kier alpha value is -1.40. The smallest absolute Gasteiger partial charge is 0.226 e. The highest BCUT2D eigenvalue weighted by Gasteiger charge is 2.18. The van der Waals surface area contributed by atoms with Crippen molar-refractivity contribution in [1.29, 1.82) is 0 Å². The molecular formula is C14H20ClN5O. The summed E-state index contributed by atoms with van der Waals surface area (Å²) in [5, 5.41) is 3.57. The lowest BCUT2D eigenvalue weighted by Gasteiger charge is -2.13. The van der Waals surface area contributed by atoms with Crippen LogP contribution in [-0.2, 0) is 11.3 Å². The molecule has 1 N–H and O–H groups in total. The first kappa shape index (κ1) is 14.5.